The Morgan fingerprint density at radius 2 is 2.21 bits per heavy atom. The number of nitrogens with two attached hydrogens (primary N) is 1. The van der Waals surface area contributed by atoms with Gasteiger partial charge in [0.15, 0.2) is 0 Å². The van der Waals surface area contributed by atoms with Gasteiger partial charge in [0, 0.05) is 11.2 Å². The molecule has 3 N–H and O–H groups in total. The predicted octanol–water partition coefficient (Wildman–Crippen LogP) is 1.30. The van der Waals surface area contributed by atoms with Gasteiger partial charge in [0.05, 0.1) is 6.61 Å². The quantitative estimate of drug-likeness (QED) is 0.746. The molecule has 78 valence electrons. The Labute approximate surface area is 88.9 Å². The van der Waals surface area contributed by atoms with Gasteiger partial charge in [-0.15, -0.1) is 0 Å². The molecule has 0 aliphatic rings. The highest BCUT2D eigenvalue weighted by Crippen LogP contribution is 2.18. The molecule has 3 nitrogen and oxygen atoms in total. The molecule has 0 spiro atoms. The number of halogens is 1. The van der Waals surface area contributed by atoms with Gasteiger partial charge in [-0.3, -0.25) is 0 Å². The number of aromatic nitrogens is 1. The number of hydrogen-bond acceptors (Lipinski definition) is 3. The zero-order valence-electron chi connectivity index (χ0n) is 8.42. The van der Waals surface area contributed by atoms with Crippen LogP contribution in [0.5, 0.6) is 0 Å². The number of nitrogens with zero attached hydrogens (tertiary/aromatic N) is 1. The summed E-state index contributed by atoms with van der Waals surface area (Å²) in [5.74, 6) is 0. The molecule has 1 rings (SSSR count). The van der Waals surface area contributed by atoms with Crippen LogP contribution < -0.4 is 5.73 Å². The molecule has 1 heterocycles. The minimum Gasteiger partial charge on any atom is -0.394 e. The average molecular weight is 215 g/mol. The lowest BCUT2D eigenvalue weighted by molar-refractivity contribution is 0.208. The molecular formula is C10H15ClN2O. The van der Waals surface area contributed by atoms with Crippen LogP contribution in [0.2, 0.25) is 5.15 Å². The van der Waals surface area contributed by atoms with E-state index < -0.39 is 5.54 Å². The van der Waals surface area contributed by atoms with E-state index in [1.54, 1.807) is 6.92 Å². The maximum atomic E-state index is 9.01. The molecule has 0 aliphatic heterocycles. The van der Waals surface area contributed by atoms with Crippen molar-refractivity contribution in [3.63, 3.8) is 0 Å². The SMILES string of the molecule is Cc1ccc(CC(C)(N)CO)c(Cl)n1. The van der Waals surface area contributed by atoms with Crippen LogP contribution >= 0.6 is 11.6 Å². The standard InChI is InChI=1S/C10H15ClN2O/c1-7-3-4-8(9(11)13-7)5-10(2,12)6-14/h3-4,14H,5-6,12H2,1-2H3. The minimum absolute atomic E-state index is 0.0722. The zero-order valence-corrected chi connectivity index (χ0v) is 9.17. The first-order valence-electron chi connectivity index (χ1n) is 4.46. The van der Waals surface area contributed by atoms with Crippen molar-refractivity contribution < 1.29 is 5.11 Å². The highest BCUT2D eigenvalue weighted by Gasteiger charge is 2.19. The Hall–Kier alpha value is -0.640. The maximum absolute atomic E-state index is 9.01. The monoisotopic (exact) mass is 214 g/mol. The van der Waals surface area contributed by atoms with Gasteiger partial charge >= 0.3 is 0 Å². The summed E-state index contributed by atoms with van der Waals surface area (Å²) < 4.78 is 0. The summed E-state index contributed by atoms with van der Waals surface area (Å²) >= 11 is 5.94. The Bertz CT molecular complexity index is 326. The molecule has 0 aromatic carbocycles. The van der Waals surface area contributed by atoms with Crippen molar-refractivity contribution in [2.75, 3.05) is 6.61 Å². The third kappa shape index (κ3) is 2.94. The Morgan fingerprint density at radius 1 is 1.57 bits per heavy atom. The number of aliphatic hydroxyl groups is 1. The van der Waals surface area contributed by atoms with E-state index in [-0.39, 0.29) is 6.61 Å². The van der Waals surface area contributed by atoms with Gasteiger partial charge in [-0.1, -0.05) is 17.7 Å². The molecule has 14 heavy (non-hydrogen) atoms. The van der Waals surface area contributed by atoms with Crippen LogP contribution in [-0.2, 0) is 6.42 Å². The predicted molar refractivity (Wildman–Crippen MR) is 57.4 cm³/mol. The normalized spacial score (nSPS) is 15.2. The Kier molecular flexibility index (Phi) is 3.48. The summed E-state index contributed by atoms with van der Waals surface area (Å²) in [6.45, 7) is 3.59. The Morgan fingerprint density at radius 3 is 2.71 bits per heavy atom. The van der Waals surface area contributed by atoms with Gasteiger partial charge in [-0.2, -0.15) is 0 Å². The molecule has 1 aromatic rings. The second-order valence-corrected chi connectivity index (χ2v) is 4.25. The molecule has 1 atom stereocenters. The van der Waals surface area contributed by atoms with Crippen molar-refractivity contribution in [1.82, 2.24) is 4.98 Å². The first-order valence-corrected chi connectivity index (χ1v) is 4.84. The average Bonchev–Trinajstić information content (AvgIpc) is 2.10. The molecular weight excluding hydrogens is 200 g/mol. The highest BCUT2D eigenvalue weighted by atomic mass is 35.5. The molecule has 4 heteroatoms. The van der Waals surface area contributed by atoms with E-state index in [2.05, 4.69) is 4.98 Å². The number of rotatable bonds is 3. The Balaban J connectivity index is 2.87. The third-order valence-electron chi connectivity index (χ3n) is 2.02. The largest absolute Gasteiger partial charge is 0.394 e. The summed E-state index contributed by atoms with van der Waals surface area (Å²) in [6, 6.07) is 3.78. The summed E-state index contributed by atoms with van der Waals surface area (Å²) in [5, 5.41) is 9.48. The molecule has 0 saturated heterocycles. The maximum Gasteiger partial charge on any atom is 0.132 e. The fourth-order valence-electron chi connectivity index (χ4n) is 1.18. The van der Waals surface area contributed by atoms with Crippen LogP contribution in [0.1, 0.15) is 18.2 Å². The van der Waals surface area contributed by atoms with Crippen molar-refractivity contribution in [2.45, 2.75) is 25.8 Å². The molecule has 0 bridgehead atoms. The zero-order chi connectivity index (χ0) is 10.8. The van der Waals surface area contributed by atoms with Gasteiger partial charge in [0.1, 0.15) is 5.15 Å². The molecule has 0 radical (unpaired) electrons. The van der Waals surface area contributed by atoms with Gasteiger partial charge in [0.25, 0.3) is 0 Å². The first-order chi connectivity index (χ1) is 6.44. The second-order valence-electron chi connectivity index (χ2n) is 3.89. The highest BCUT2D eigenvalue weighted by molar-refractivity contribution is 6.30. The number of aliphatic hydroxyl groups excluding tert-OH is 1. The van der Waals surface area contributed by atoms with Gasteiger partial charge < -0.3 is 10.8 Å². The second kappa shape index (κ2) is 4.26. The van der Waals surface area contributed by atoms with Crippen LogP contribution in [0.4, 0.5) is 0 Å². The molecule has 0 amide bonds. The van der Waals surface area contributed by atoms with E-state index in [0.29, 0.717) is 11.6 Å². The van der Waals surface area contributed by atoms with Gasteiger partial charge in [0.2, 0.25) is 0 Å². The van der Waals surface area contributed by atoms with Crippen LogP contribution in [-0.4, -0.2) is 22.2 Å². The van der Waals surface area contributed by atoms with Crippen molar-refractivity contribution in [2.24, 2.45) is 5.73 Å². The van der Waals surface area contributed by atoms with E-state index >= 15 is 0 Å². The lowest BCUT2D eigenvalue weighted by Crippen LogP contribution is -2.42. The smallest absolute Gasteiger partial charge is 0.132 e. The first kappa shape index (κ1) is 11.4. The number of hydrogen-bond donors (Lipinski definition) is 2. The molecule has 0 fully saturated rings. The van der Waals surface area contributed by atoms with Gasteiger partial charge in [-0.05, 0) is 31.9 Å². The van der Waals surface area contributed by atoms with E-state index in [1.807, 2.05) is 19.1 Å². The van der Waals surface area contributed by atoms with Gasteiger partial charge in [-0.25, -0.2) is 4.98 Å². The van der Waals surface area contributed by atoms with Crippen molar-refractivity contribution >= 4 is 11.6 Å². The molecule has 0 saturated carbocycles. The van der Waals surface area contributed by atoms with Crippen LogP contribution in [0.3, 0.4) is 0 Å². The van der Waals surface area contributed by atoms with Crippen molar-refractivity contribution in [1.29, 1.82) is 0 Å². The summed E-state index contributed by atoms with van der Waals surface area (Å²) in [4.78, 5) is 4.12. The van der Waals surface area contributed by atoms with Crippen LogP contribution in [0.15, 0.2) is 12.1 Å². The van der Waals surface area contributed by atoms with E-state index in [9.17, 15) is 0 Å². The molecule has 1 unspecified atom stereocenters. The van der Waals surface area contributed by atoms with E-state index in [4.69, 9.17) is 22.4 Å². The van der Waals surface area contributed by atoms with Crippen molar-refractivity contribution in [3.05, 3.63) is 28.5 Å². The summed E-state index contributed by atoms with van der Waals surface area (Å²) in [6.07, 6.45) is 0.523. The lowest BCUT2D eigenvalue weighted by atomic mass is 9.96. The topological polar surface area (TPSA) is 59.1 Å². The van der Waals surface area contributed by atoms with E-state index in [0.717, 1.165) is 11.3 Å². The number of aryl methyl sites for hydroxylation is 1. The van der Waals surface area contributed by atoms with E-state index in [1.165, 1.54) is 0 Å². The number of pyridine rings is 1. The molecule has 0 aliphatic carbocycles. The van der Waals surface area contributed by atoms with Crippen molar-refractivity contribution in [3.8, 4) is 0 Å². The fraction of sp³-hybridized carbons (Fsp3) is 0.500. The van der Waals surface area contributed by atoms with Crippen LogP contribution in [0, 0.1) is 6.92 Å². The molecule has 1 aromatic heterocycles. The minimum atomic E-state index is -0.638. The summed E-state index contributed by atoms with van der Waals surface area (Å²) in [5.41, 5.74) is 6.93. The lowest BCUT2D eigenvalue weighted by Gasteiger charge is -2.21. The third-order valence-corrected chi connectivity index (χ3v) is 2.35. The fourth-order valence-corrected chi connectivity index (χ4v) is 1.44. The van der Waals surface area contributed by atoms with Crippen LogP contribution in [0.25, 0.3) is 0 Å². The summed E-state index contributed by atoms with van der Waals surface area (Å²) in [7, 11) is 0.